The third-order valence-corrected chi connectivity index (χ3v) is 3.72. The second-order valence-corrected chi connectivity index (χ2v) is 5.20. The average molecular weight is 340 g/mol. The first-order valence-electron chi connectivity index (χ1n) is 7.38. The lowest BCUT2D eigenvalue weighted by Gasteiger charge is -2.14. The van der Waals surface area contributed by atoms with Crippen molar-refractivity contribution in [2.45, 2.75) is 6.92 Å². The zero-order valence-corrected chi connectivity index (χ0v) is 13.1. The highest BCUT2D eigenvalue weighted by Gasteiger charge is 2.37. The maximum Gasteiger partial charge on any atom is 0.338 e. The van der Waals surface area contributed by atoms with Crippen LogP contribution >= 0.6 is 0 Å². The molecule has 1 heterocycles. The number of anilines is 1. The molecule has 0 unspecified atom stereocenters. The Morgan fingerprint density at radius 2 is 1.72 bits per heavy atom. The van der Waals surface area contributed by atoms with Crippen LogP contribution in [0.2, 0.25) is 0 Å². The summed E-state index contributed by atoms with van der Waals surface area (Å²) >= 11 is 0. The number of imide groups is 1. The summed E-state index contributed by atoms with van der Waals surface area (Å²) < 4.78 is 4.87. The Morgan fingerprint density at radius 3 is 2.32 bits per heavy atom. The molecule has 2 amide bonds. The standard InChI is InChI=1S/C17H12N2O6/c1-2-25-17(22)10-3-5-11(6-4-10)18-15(20)13-8-7-12(19(23)24)9-14(13)16(18)21/h3-9H,2H2,1H3. The van der Waals surface area contributed by atoms with Gasteiger partial charge < -0.3 is 4.74 Å². The van der Waals surface area contributed by atoms with Crippen molar-refractivity contribution in [2.24, 2.45) is 0 Å². The van der Waals surface area contributed by atoms with Gasteiger partial charge >= 0.3 is 5.97 Å². The molecule has 0 saturated carbocycles. The minimum absolute atomic E-state index is 0.0198. The van der Waals surface area contributed by atoms with Gasteiger partial charge in [-0.3, -0.25) is 19.7 Å². The summed E-state index contributed by atoms with van der Waals surface area (Å²) in [6, 6.07) is 9.31. The largest absolute Gasteiger partial charge is 0.462 e. The van der Waals surface area contributed by atoms with Crippen LogP contribution in [0.3, 0.4) is 0 Å². The van der Waals surface area contributed by atoms with Gasteiger partial charge in [0, 0.05) is 12.1 Å². The molecule has 8 nitrogen and oxygen atoms in total. The van der Waals surface area contributed by atoms with Crippen LogP contribution in [-0.4, -0.2) is 29.3 Å². The Labute approximate surface area is 141 Å². The molecule has 0 bridgehead atoms. The van der Waals surface area contributed by atoms with Gasteiger partial charge in [0.2, 0.25) is 0 Å². The van der Waals surface area contributed by atoms with E-state index in [0.717, 1.165) is 11.0 Å². The lowest BCUT2D eigenvalue weighted by atomic mass is 10.1. The number of esters is 1. The predicted octanol–water partition coefficient (Wildman–Crippen LogP) is 2.57. The van der Waals surface area contributed by atoms with E-state index in [9.17, 15) is 24.5 Å². The third-order valence-electron chi connectivity index (χ3n) is 3.72. The molecule has 3 rings (SSSR count). The van der Waals surface area contributed by atoms with Crippen LogP contribution in [0.25, 0.3) is 0 Å². The lowest BCUT2D eigenvalue weighted by molar-refractivity contribution is -0.384. The van der Waals surface area contributed by atoms with Gasteiger partial charge in [0.1, 0.15) is 0 Å². The summed E-state index contributed by atoms with van der Waals surface area (Å²) in [5.41, 5.74) is 0.373. The number of amides is 2. The van der Waals surface area contributed by atoms with Gasteiger partial charge in [-0.15, -0.1) is 0 Å². The van der Waals surface area contributed by atoms with E-state index in [1.165, 1.54) is 36.4 Å². The molecule has 0 aromatic heterocycles. The maximum absolute atomic E-state index is 12.5. The zero-order valence-electron chi connectivity index (χ0n) is 13.1. The number of benzene rings is 2. The van der Waals surface area contributed by atoms with E-state index in [1.54, 1.807) is 6.92 Å². The van der Waals surface area contributed by atoms with E-state index in [1.807, 2.05) is 0 Å². The highest BCUT2D eigenvalue weighted by atomic mass is 16.6. The summed E-state index contributed by atoms with van der Waals surface area (Å²) in [4.78, 5) is 47.7. The van der Waals surface area contributed by atoms with Crippen molar-refractivity contribution in [3.05, 3.63) is 69.3 Å². The number of nitrogens with zero attached hydrogens (tertiary/aromatic N) is 2. The Morgan fingerprint density at radius 1 is 1.08 bits per heavy atom. The number of ether oxygens (including phenoxy) is 1. The van der Waals surface area contributed by atoms with Gasteiger partial charge in [-0.05, 0) is 37.3 Å². The molecule has 1 aliphatic rings. The van der Waals surface area contributed by atoms with Crippen LogP contribution < -0.4 is 4.90 Å². The second kappa shape index (κ2) is 6.16. The monoisotopic (exact) mass is 340 g/mol. The van der Waals surface area contributed by atoms with Gasteiger partial charge in [0.25, 0.3) is 17.5 Å². The molecule has 2 aromatic rings. The minimum Gasteiger partial charge on any atom is -0.462 e. The number of carbonyl (C=O) groups is 3. The predicted molar refractivity (Wildman–Crippen MR) is 86.6 cm³/mol. The first kappa shape index (κ1) is 16.3. The van der Waals surface area contributed by atoms with E-state index < -0.39 is 22.7 Å². The van der Waals surface area contributed by atoms with Crippen LogP contribution in [0, 0.1) is 10.1 Å². The molecule has 0 fully saturated rings. The summed E-state index contributed by atoms with van der Waals surface area (Å²) in [5.74, 6) is -1.72. The van der Waals surface area contributed by atoms with Crippen molar-refractivity contribution in [1.29, 1.82) is 0 Å². The van der Waals surface area contributed by atoms with E-state index in [-0.39, 0.29) is 34.7 Å². The minimum atomic E-state index is -0.646. The second-order valence-electron chi connectivity index (χ2n) is 5.20. The van der Waals surface area contributed by atoms with E-state index in [4.69, 9.17) is 4.74 Å². The molecule has 0 N–H and O–H groups in total. The van der Waals surface area contributed by atoms with E-state index in [0.29, 0.717) is 0 Å². The van der Waals surface area contributed by atoms with Gasteiger partial charge in [-0.25, -0.2) is 9.69 Å². The maximum atomic E-state index is 12.5. The van der Waals surface area contributed by atoms with Crippen LogP contribution in [0.4, 0.5) is 11.4 Å². The van der Waals surface area contributed by atoms with E-state index >= 15 is 0 Å². The molecule has 2 aromatic carbocycles. The first-order valence-corrected chi connectivity index (χ1v) is 7.38. The molecular formula is C17H12N2O6. The zero-order chi connectivity index (χ0) is 18.1. The topological polar surface area (TPSA) is 107 Å². The number of non-ortho nitro benzene ring substituents is 1. The Balaban J connectivity index is 1.94. The molecule has 126 valence electrons. The quantitative estimate of drug-likeness (QED) is 0.366. The van der Waals surface area contributed by atoms with Crippen LogP contribution in [-0.2, 0) is 4.74 Å². The molecular weight excluding hydrogens is 328 g/mol. The first-order chi connectivity index (χ1) is 11.9. The van der Waals surface area contributed by atoms with Crippen molar-refractivity contribution in [3.63, 3.8) is 0 Å². The average Bonchev–Trinajstić information content (AvgIpc) is 2.86. The molecule has 8 heteroatoms. The molecule has 0 atom stereocenters. The lowest BCUT2D eigenvalue weighted by Crippen LogP contribution is -2.29. The highest BCUT2D eigenvalue weighted by molar-refractivity contribution is 6.34. The fourth-order valence-electron chi connectivity index (χ4n) is 2.54. The van der Waals surface area contributed by atoms with Gasteiger partial charge in [-0.1, -0.05) is 0 Å². The molecule has 0 saturated heterocycles. The van der Waals surface area contributed by atoms with Gasteiger partial charge in [0.15, 0.2) is 0 Å². The SMILES string of the molecule is CCOC(=O)c1ccc(N2C(=O)c3ccc([N+](=O)[O-])cc3C2=O)cc1. The summed E-state index contributed by atoms with van der Waals surface area (Å²) in [6.07, 6.45) is 0. The summed E-state index contributed by atoms with van der Waals surface area (Å²) in [5, 5.41) is 10.8. The Kier molecular flexibility index (Phi) is 4.02. The van der Waals surface area contributed by atoms with Crippen molar-refractivity contribution in [1.82, 2.24) is 0 Å². The number of hydrogen-bond acceptors (Lipinski definition) is 6. The third kappa shape index (κ3) is 2.74. The number of nitro groups is 1. The van der Waals surface area contributed by atoms with Crippen LogP contribution in [0.5, 0.6) is 0 Å². The van der Waals surface area contributed by atoms with Gasteiger partial charge in [0.05, 0.1) is 33.9 Å². The van der Waals surface area contributed by atoms with Crippen molar-refractivity contribution < 1.29 is 24.0 Å². The Hall–Kier alpha value is -3.55. The summed E-state index contributed by atoms with van der Waals surface area (Å²) in [7, 11) is 0. The number of fused-ring (bicyclic) bond motifs is 1. The van der Waals surface area contributed by atoms with Crippen LogP contribution in [0.15, 0.2) is 42.5 Å². The molecule has 1 aliphatic heterocycles. The number of carbonyl (C=O) groups excluding carboxylic acids is 3. The van der Waals surface area contributed by atoms with Crippen molar-refractivity contribution in [2.75, 3.05) is 11.5 Å². The van der Waals surface area contributed by atoms with Crippen molar-refractivity contribution >= 4 is 29.2 Å². The number of nitro benzene ring substituents is 1. The normalized spacial score (nSPS) is 12.9. The highest BCUT2D eigenvalue weighted by Crippen LogP contribution is 2.30. The molecule has 0 aliphatic carbocycles. The fourth-order valence-corrected chi connectivity index (χ4v) is 2.54. The van der Waals surface area contributed by atoms with Gasteiger partial charge in [-0.2, -0.15) is 0 Å². The molecule has 0 radical (unpaired) electrons. The summed E-state index contributed by atoms with van der Waals surface area (Å²) in [6.45, 7) is 1.92. The molecule has 25 heavy (non-hydrogen) atoms. The fraction of sp³-hybridized carbons (Fsp3) is 0.118. The number of hydrogen-bond donors (Lipinski definition) is 0. The number of rotatable bonds is 4. The molecule has 0 spiro atoms. The van der Waals surface area contributed by atoms with Crippen LogP contribution in [0.1, 0.15) is 38.0 Å². The Bertz CT molecular complexity index is 904. The smallest absolute Gasteiger partial charge is 0.338 e. The van der Waals surface area contributed by atoms with Crippen molar-refractivity contribution in [3.8, 4) is 0 Å². The van der Waals surface area contributed by atoms with E-state index in [2.05, 4.69) is 0 Å².